The number of nitrogens with two attached hydrogens (primary N) is 1. The maximum absolute atomic E-state index is 6.06. The van der Waals surface area contributed by atoms with Gasteiger partial charge >= 0.3 is 0 Å². The number of rotatable bonds is 5. The fourth-order valence-electron chi connectivity index (χ4n) is 3.49. The van der Waals surface area contributed by atoms with E-state index in [2.05, 4.69) is 10.6 Å². The van der Waals surface area contributed by atoms with Gasteiger partial charge < -0.3 is 15.0 Å². The first-order valence-electron chi connectivity index (χ1n) is 8.02. The summed E-state index contributed by atoms with van der Waals surface area (Å²) in [6.45, 7) is 0.542. The average Bonchev–Trinajstić information content (AvgIpc) is 2.86. The number of methoxy groups -OCH3 is 1. The second kappa shape index (κ2) is 6.48. The quantitative estimate of drug-likeness (QED) is 0.852. The molecule has 0 unspecified atom stereocenters. The topological polar surface area (TPSA) is 53.1 Å². The van der Waals surface area contributed by atoms with Gasteiger partial charge in [-0.25, -0.2) is 4.98 Å². The SMILES string of the molecule is COCn1c(CCC2CCCCC2)nc2c(N)cccc21. The lowest BCUT2D eigenvalue weighted by Gasteiger charge is -2.21. The zero-order valence-corrected chi connectivity index (χ0v) is 12.8. The molecule has 1 aromatic carbocycles. The molecule has 1 aliphatic carbocycles. The van der Waals surface area contributed by atoms with Gasteiger partial charge in [-0.3, -0.25) is 0 Å². The van der Waals surface area contributed by atoms with Crippen molar-refractivity contribution in [3.63, 3.8) is 0 Å². The third-order valence-electron chi connectivity index (χ3n) is 4.65. The molecule has 0 atom stereocenters. The Morgan fingerprint density at radius 3 is 2.86 bits per heavy atom. The van der Waals surface area contributed by atoms with Crippen LogP contribution in [0, 0.1) is 5.92 Å². The second-order valence-electron chi connectivity index (χ2n) is 6.13. The minimum atomic E-state index is 0.542. The number of anilines is 1. The molecule has 1 fully saturated rings. The molecule has 2 aromatic rings. The van der Waals surface area contributed by atoms with Crippen molar-refractivity contribution in [2.45, 2.75) is 51.7 Å². The summed E-state index contributed by atoms with van der Waals surface area (Å²) in [4.78, 5) is 4.77. The molecule has 114 valence electrons. The van der Waals surface area contributed by atoms with Crippen LogP contribution in [0.1, 0.15) is 44.3 Å². The average molecular weight is 287 g/mol. The Balaban J connectivity index is 1.82. The third-order valence-corrected chi connectivity index (χ3v) is 4.65. The lowest BCUT2D eigenvalue weighted by atomic mass is 9.86. The van der Waals surface area contributed by atoms with E-state index in [4.69, 9.17) is 15.5 Å². The van der Waals surface area contributed by atoms with E-state index in [-0.39, 0.29) is 0 Å². The van der Waals surface area contributed by atoms with Gasteiger partial charge in [0.15, 0.2) is 0 Å². The van der Waals surface area contributed by atoms with Gasteiger partial charge in [0.1, 0.15) is 18.1 Å². The van der Waals surface area contributed by atoms with Crippen molar-refractivity contribution in [2.24, 2.45) is 5.92 Å². The van der Waals surface area contributed by atoms with Crippen LogP contribution in [0.5, 0.6) is 0 Å². The number of hydrogen-bond acceptors (Lipinski definition) is 3. The van der Waals surface area contributed by atoms with E-state index in [0.717, 1.165) is 34.9 Å². The molecular weight excluding hydrogens is 262 g/mol. The van der Waals surface area contributed by atoms with Gasteiger partial charge in [-0.05, 0) is 24.5 Å². The molecule has 4 heteroatoms. The van der Waals surface area contributed by atoms with Crippen LogP contribution in [0.25, 0.3) is 11.0 Å². The van der Waals surface area contributed by atoms with E-state index in [1.807, 2.05) is 12.1 Å². The van der Waals surface area contributed by atoms with E-state index in [1.54, 1.807) is 7.11 Å². The molecule has 1 heterocycles. The van der Waals surface area contributed by atoms with Gasteiger partial charge in [0.2, 0.25) is 0 Å². The van der Waals surface area contributed by atoms with Crippen LogP contribution in [0.15, 0.2) is 18.2 Å². The molecule has 2 N–H and O–H groups in total. The Bertz CT molecular complexity index is 599. The van der Waals surface area contributed by atoms with Crippen molar-refractivity contribution in [3.05, 3.63) is 24.0 Å². The first kappa shape index (κ1) is 14.4. The van der Waals surface area contributed by atoms with Crippen LogP contribution in [-0.4, -0.2) is 16.7 Å². The molecular formula is C17H25N3O. The maximum Gasteiger partial charge on any atom is 0.124 e. The highest BCUT2D eigenvalue weighted by Crippen LogP contribution is 2.29. The van der Waals surface area contributed by atoms with Crippen LogP contribution in [0.2, 0.25) is 0 Å². The van der Waals surface area contributed by atoms with Crippen molar-refractivity contribution in [1.82, 2.24) is 9.55 Å². The van der Waals surface area contributed by atoms with Gasteiger partial charge in [-0.2, -0.15) is 0 Å². The molecule has 1 aromatic heterocycles. The molecule has 0 radical (unpaired) electrons. The molecule has 1 aliphatic rings. The third kappa shape index (κ3) is 3.05. The molecule has 3 rings (SSSR count). The molecule has 0 amide bonds. The largest absolute Gasteiger partial charge is 0.397 e. The zero-order chi connectivity index (χ0) is 14.7. The molecule has 4 nitrogen and oxygen atoms in total. The van der Waals surface area contributed by atoms with Gasteiger partial charge in [-0.1, -0.05) is 38.2 Å². The summed E-state index contributed by atoms with van der Waals surface area (Å²) < 4.78 is 7.51. The number of para-hydroxylation sites is 1. The predicted octanol–water partition coefficient (Wildman–Crippen LogP) is 3.74. The number of nitrogen functional groups attached to an aromatic ring is 1. The van der Waals surface area contributed by atoms with E-state index in [0.29, 0.717) is 6.73 Å². The summed E-state index contributed by atoms with van der Waals surface area (Å²) in [5.41, 5.74) is 8.80. The molecule has 1 saturated carbocycles. The van der Waals surface area contributed by atoms with Crippen LogP contribution in [0.3, 0.4) is 0 Å². The molecule has 0 spiro atoms. The van der Waals surface area contributed by atoms with Crippen molar-refractivity contribution in [3.8, 4) is 0 Å². The van der Waals surface area contributed by atoms with Crippen molar-refractivity contribution >= 4 is 16.7 Å². The summed E-state index contributed by atoms with van der Waals surface area (Å²) in [7, 11) is 1.73. The number of nitrogens with zero attached hydrogens (tertiary/aromatic N) is 2. The van der Waals surface area contributed by atoms with E-state index in [1.165, 1.54) is 38.5 Å². The monoisotopic (exact) mass is 287 g/mol. The number of imidazole rings is 1. The molecule has 0 saturated heterocycles. The van der Waals surface area contributed by atoms with Gasteiger partial charge in [0.05, 0.1) is 11.2 Å². The zero-order valence-electron chi connectivity index (χ0n) is 12.8. The number of hydrogen-bond donors (Lipinski definition) is 1. The minimum absolute atomic E-state index is 0.542. The Kier molecular flexibility index (Phi) is 4.44. The highest BCUT2D eigenvalue weighted by Gasteiger charge is 2.17. The van der Waals surface area contributed by atoms with Crippen LogP contribution in [0.4, 0.5) is 5.69 Å². The van der Waals surface area contributed by atoms with E-state index >= 15 is 0 Å². The summed E-state index contributed by atoms with van der Waals surface area (Å²) >= 11 is 0. The fourth-order valence-corrected chi connectivity index (χ4v) is 3.49. The first-order valence-corrected chi connectivity index (χ1v) is 8.02. The maximum atomic E-state index is 6.06. The summed E-state index contributed by atoms with van der Waals surface area (Å²) in [6, 6.07) is 5.97. The van der Waals surface area contributed by atoms with E-state index in [9.17, 15) is 0 Å². The normalized spacial score (nSPS) is 16.6. The Morgan fingerprint density at radius 2 is 2.10 bits per heavy atom. The second-order valence-corrected chi connectivity index (χ2v) is 6.13. The summed E-state index contributed by atoms with van der Waals surface area (Å²) in [5, 5.41) is 0. The lowest BCUT2D eigenvalue weighted by molar-refractivity contribution is 0.131. The predicted molar refractivity (Wildman–Crippen MR) is 86.1 cm³/mol. The highest BCUT2D eigenvalue weighted by atomic mass is 16.5. The van der Waals surface area contributed by atoms with E-state index < -0.39 is 0 Å². The Hall–Kier alpha value is -1.55. The highest BCUT2D eigenvalue weighted by molar-refractivity contribution is 5.87. The number of aryl methyl sites for hydroxylation is 1. The smallest absolute Gasteiger partial charge is 0.124 e. The molecule has 0 aliphatic heterocycles. The van der Waals surface area contributed by atoms with Crippen LogP contribution in [-0.2, 0) is 17.9 Å². The van der Waals surface area contributed by atoms with Crippen LogP contribution < -0.4 is 5.73 Å². The first-order chi connectivity index (χ1) is 10.3. The number of ether oxygens (including phenoxy) is 1. The summed E-state index contributed by atoms with van der Waals surface area (Å²) in [6.07, 6.45) is 9.21. The van der Waals surface area contributed by atoms with Crippen molar-refractivity contribution in [2.75, 3.05) is 12.8 Å². The van der Waals surface area contributed by atoms with Crippen molar-refractivity contribution < 1.29 is 4.74 Å². The Labute approximate surface area is 126 Å². The number of fused-ring (bicyclic) bond motifs is 1. The minimum Gasteiger partial charge on any atom is -0.397 e. The van der Waals surface area contributed by atoms with Crippen LogP contribution >= 0.6 is 0 Å². The number of benzene rings is 1. The molecule has 0 bridgehead atoms. The van der Waals surface area contributed by atoms with Gasteiger partial charge in [0, 0.05) is 13.5 Å². The van der Waals surface area contributed by atoms with Crippen molar-refractivity contribution in [1.29, 1.82) is 0 Å². The standard InChI is InChI=1S/C17H25N3O/c1-21-12-20-15-9-5-8-14(18)17(15)19-16(20)11-10-13-6-3-2-4-7-13/h5,8-9,13H,2-4,6-7,10-12,18H2,1H3. The molecule has 21 heavy (non-hydrogen) atoms. The number of aromatic nitrogens is 2. The lowest BCUT2D eigenvalue weighted by Crippen LogP contribution is -2.11. The van der Waals surface area contributed by atoms with Gasteiger partial charge in [-0.15, -0.1) is 0 Å². The Morgan fingerprint density at radius 1 is 1.29 bits per heavy atom. The van der Waals surface area contributed by atoms with Gasteiger partial charge in [0.25, 0.3) is 0 Å². The summed E-state index contributed by atoms with van der Waals surface area (Å²) in [5.74, 6) is 1.97. The fraction of sp³-hybridized carbons (Fsp3) is 0.588.